The van der Waals surface area contributed by atoms with Crippen LogP contribution in [0.15, 0.2) is 20.1 Å². The van der Waals surface area contributed by atoms with Gasteiger partial charge in [0.25, 0.3) is 10.0 Å². The maximum absolute atomic E-state index is 12.6. The van der Waals surface area contributed by atoms with Gasteiger partial charge in [0.2, 0.25) is 0 Å². The zero-order chi connectivity index (χ0) is 13.9. The fraction of sp³-hybridized carbons (Fsp3) is 0.714. The van der Waals surface area contributed by atoms with Gasteiger partial charge in [0.05, 0.1) is 0 Å². The summed E-state index contributed by atoms with van der Waals surface area (Å²) < 4.78 is 29.3. The van der Waals surface area contributed by atoms with E-state index in [1.807, 2.05) is 5.38 Å². The summed E-state index contributed by atoms with van der Waals surface area (Å²) in [5.41, 5.74) is 0. The number of hydrogen-bond donors (Lipinski definition) is 1. The number of thiophene rings is 1. The van der Waals surface area contributed by atoms with Crippen LogP contribution in [0.4, 0.5) is 0 Å². The van der Waals surface area contributed by atoms with Gasteiger partial charge in [-0.05, 0) is 83.2 Å². The van der Waals surface area contributed by atoms with E-state index in [2.05, 4.69) is 20.7 Å². The summed E-state index contributed by atoms with van der Waals surface area (Å²) in [5, 5.41) is 1.82. The van der Waals surface area contributed by atoms with Crippen LogP contribution in [0.3, 0.4) is 0 Å². The Balaban J connectivity index is 1.59. The quantitative estimate of drug-likeness (QED) is 0.876. The fourth-order valence-corrected chi connectivity index (χ4v) is 8.55. The lowest BCUT2D eigenvalue weighted by Crippen LogP contribution is -2.55. The van der Waals surface area contributed by atoms with Crippen molar-refractivity contribution in [3.05, 3.63) is 15.9 Å². The summed E-state index contributed by atoms with van der Waals surface area (Å²) in [6, 6.07) is 1.97. The fourth-order valence-electron chi connectivity index (χ4n) is 4.82. The molecule has 0 aliphatic heterocycles. The Labute approximate surface area is 132 Å². The van der Waals surface area contributed by atoms with E-state index in [1.54, 1.807) is 6.07 Å². The van der Waals surface area contributed by atoms with Crippen LogP contribution < -0.4 is 4.72 Å². The molecule has 0 aromatic carbocycles. The lowest BCUT2D eigenvalue weighted by Gasteiger charge is -2.54. The average molecular weight is 376 g/mol. The highest BCUT2D eigenvalue weighted by Gasteiger charge is 2.49. The molecular weight excluding hydrogens is 358 g/mol. The number of rotatable bonds is 3. The maximum atomic E-state index is 12.6. The van der Waals surface area contributed by atoms with E-state index in [9.17, 15) is 8.42 Å². The highest BCUT2D eigenvalue weighted by molar-refractivity contribution is 9.10. The minimum atomic E-state index is -3.37. The molecule has 4 fully saturated rings. The molecule has 0 unspecified atom stereocenters. The molecule has 0 radical (unpaired) electrons. The first-order valence-corrected chi connectivity index (χ1v) is 10.4. The molecule has 1 aromatic rings. The van der Waals surface area contributed by atoms with Crippen molar-refractivity contribution in [3.8, 4) is 0 Å². The van der Waals surface area contributed by atoms with E-state index in [-0.39, 0.29) is 6.04 Å². The summed E-state index contributed by atoms with van der Waals surface area (Å²) in [6.07, 6.45) is 6.30. The minimum absolute atomic E-state index is 0.168. The van der Waals surface area contributed by atoms with E-state index >= 15 is 0 Å². The zero-order valence-electron chi connectivity index (χ0n) is 11.1. The maximum Gasteiger partial charge on any atom is 0.251 e. The second-order valence-electron chi connectivity index (χ2n) is 6.63. The summed E-state index contributed by atoms with van der Waals surface area (Å²) >= 11 is 4.62. The van der Waals surface area contributed by atoms with Crippen molar-refractivity contribution in [1.82, 2.24) is 4.72 Å². The molecule has 0 saturated heterocycles. The SMILES string of the molecule is O=S(=O)(NC1C2CC3CC(C2)CC1C3)c1sccc1Br. The minimum Gasteiger partial charge on any atom is -0.207 e. The highest BCUT2D eigenvalue weighted by Crippen LogP contribution is 2.54. The number of sulfonamides is 1. The molecule has 0 atom stereocenters. The van der Waals surface area contributed by atoms with E-state index in [0.717, 1.165) is 11.8 Å². The average Bonchev–Trinajstić information content (AvgIpc) is 2.80. The normalized spacial score (nSPS) is 39.4. The number of halogens is 1. The van der Waals surface area contributed by atoms with Crippen LogP contribution in [0.25, 0.3) is 0 Å². The lowest BCUT2D eigenvalue weighted by atomic mass is 9.54. The highest BCUT2D eigenvalue weighted by atomic mass is 79.9. The Morgan fingerprint density at radius 1 is 1.10 bits per heavy atom. The summed E-state index contributed by atoms with van der Waals surface area (Å²) in [5.74, 6) is 2.87. The second kappa shape index (κ2) is 4.80. The van der Waals surface area contributed by atoms with Gasteiger partial charge in [0.1, 0.15) is 4.21 Å². The molecule has 1 heterocycles. The summed E-state index contributed by atoms with van der Waals surface area (Å²) in [7, 11) is -3.37. The van der Waals surface area contributed by atoms with Gasteiger partial charge in [-0.25, -0.2) is 13.1 Å². The van der Waals surface area contributed by atoms with Crippen molar-refractivity contribution in [1.29, 1.82) is 0 Å². The molecule has 20 heavy (non-hydrogen) atoms. The van der Waals surface area contributed by atoms with Gasteiger partial charge in [0, 0.05) is 10.5 Å². The number of nitrogens with one attached hydrogen (secondary N) is 1. The van der Waals surface area contributed by atoms with Crippen molar-refractivity contribution < 1.29 is 8.42 Å². The molecule has 1 aromatic heterocycles. The molecule has 4 bridgehead atoms. The topological polar surface area (TPSA) is 46.2 Å². The molecule has 6 heteroatoms. The monoisotopic (exact) mass is 375 g/mol. The molecule has 3 nitrogen and oxygen atoms in total. The van der Waals surface area contributed by atoms with Crippen molar-refractivity contribution in [2.24, 2.45) is 23.7 Å². The Morgan fingerprint density at radius 2 is 1.70 bits per heavy atom. The van der Waals surface area contributed by atoms with Crippen molar-refractivity contribution in [3.63, 3.8) is 0 Å². The van der Waals surface area contributed by atoms with Crippen LogP contribution in [-0.4, -0.2) is 14.5 Å². The third-order valence-corrected chi connectivity index (χ3v) is 9.48. The largest absolute Gasteiger partial charge is 0.251 e. The molecular formula is C14H18BrNO2S2. The Kier molecular flexibility index (Phi) is 3.29. The van der Waals surface area contributed by atoms with Gasteiger partial charge in [-0.2, -0.15) is 0 Å². The standard InChI is InChI=1S/C14H18BrNO2S2/c15-12-1-2-19-14(12)20(17,18)16-13-10-4-8-3-9(6-10)7-11(13)5-8/h1-2,8-11,13,16H,3-7H2. The molecule has 4 aliphatic carbocycles. The first-order valence-electron chi connectivity index (χ1n) is 7.28. The van der Waals surface area contributed by atoms with Crippen molar-refractivity contribution in [2.75, 3.05) is 0 Å². The molecule has 0 amide bonds. The molecule has 110 valence electrons. The molecule has 0 spiro atoms. The van der Waals surface area contributed by atoms with Crippen LogP contribution in [0.5, 0.6) is 0 Å². The van der Waals surface area contributed by atoms with Gasteiger partial charge < -0.3 is 0 Å². The lowest BCUT2D eigenvalue weighted by molar-refractivity contribution is -0.00556. The van der Waals surface area contributed by atoms with E-state index in [0.29, 0.717) is 20.5 Å². The van der Waals surface area contributed by atoms with Crippen molar-refractivity contribution >= 4 is 37.3 Å². The Hall–Kier alpha value is 0.0900. The zero-order valence-corrected chi connectivity index (χ0v) is 14.3. The van der Waals surface area contributed by atoms with E-state index in [1.165, 1.54) is 43.4 Å². The molecule has 5 rings (SSSR count). The van der Waals surface area contributed by atoms with Crippen LogP contribution in [0.1, 0.15) is 32.1 Å². The van der Waals surface area contributed by atoms with Crippen LogP contribution >= 0.6 is 27.3 Å². The first-order chi connectivity index (χ1) is 9.53. The van der Waals surface area contributed by atoms with Gasteiger partial charge in [-0.15, -0.1) is 11.3 Å². The van der Waals surface area contributed by atoms with Gasteiger partial charge >= 0.3 is 0 Å². The third-order valence-electron chi connectivity index (χ3n) is 5.35. The third kappa shape index (κ3) is 2.19. The second-order valence-corrected chi connectivity index (χ2v) is 10.3. The molecule has 1 N–H and O–H groups in total. The smallest absolute Gasteiger partial charge is 0.207 e. The van der Waals surface area contributed by atoms with Crippen LogP contribution in [0.2, 0.25) is 0 Å². The summed E-state index contributed by atoms with van der Waals surface area (Å²) in [6.45, 7) is 0. The van der Waals surface area contributed by atoms with Crippen LogP contribution in [0, 0.1) is 23.7 Å². The Bertz CT molecular complexity index is 597. The predicted octanol–water partition coefficient (Wildman–Crippen LogP) is 3.61. The predicted molar refractivity (Wildman–Crippen MR) is 83.2 cm³/mol. The molecule has 4 saturated carbocycles. The van der Waals surface area contributed by atoms with E-state index in [4.69, 9.17) is 0 Å². The van der Waals surface area contributed by atoms with Gasteiger partial charge in [0.15, 0.2) is 0 Å². The first kappa shape index (κ1) is 13.7. The Morgan fingerprint density at radius 3 is 2.20 bits per heavy atom. The van der Waals surface area contributed by atoms with Gasteiger partial charge in [-0.1, -0.05) is 0 Å². The van der Waals surface area contributed by atoms with Gasteiger partial charge in [-0.3, -0.25) is 0 Å². The summed E-state index contributed by atoms with van der Waals surface area (Å²) in [4.78, 5) is 0. The number of hydrogen-bond acceptors (Lipinski definition) is 3. The molecule has 4 aliphatic rings. The van der Waals surface area contributed by atoms with Crippen LogP contribution in [-0.2, 0) is 10.0 Å². The van der Waals surface area contributed by atoms with Crippen molar-refractivity contribution in [2.45, 2.75) is 42.4 Å². The van der Waals surface area contributed by atoms with E-state index < -0.39 is 10.0 Å².